The van der Waals surface area contributed by atoms with Crippen molar-refractivity contribution in [1.82, 2.24) is 9.55 Å². The zero-order valence-corrected chi connectivity index (χ0v) is 9.50. The molecule has 0 radical (unpaired) electrons. The highest BCUT2D eigenvalue weighted by atomic mass is 15.0. The molecule has 84 valence electrons. The Kier molecular flexibility index (Phi) is 3.37. The molecule has 2 rings (SSSR count). The monoisotopic (exact) mass is 215 g/mol. The Morgan fingerprint density at radius 2 is 2.19 bits per heavy atom. The minimum atomic E-state index is 0.357. The zero-order chi connectivity index (χ0) is 11.4. The third kappa shape index (κ3) is 2.31. The summed E-state index contributed by atoms with van der Waals surface area (Å²) in [5.74, 6) is 0.357. The lowest BCUT2D eigenvalue weighted by Gasteiger charge is -2.17. The molecular weight excluding hydrogens is 198 g/mol. The van der Waals surface area contributed by atoms with E-state index in [1.54, 1.807) is 6.20 Å². The summed E-state index contributed by atoms with van der Waals surface area (Å²) in [4.78, 5) is 4.05. The average Bonchev–Trinajstić information content (AvgIpc) is 2.80. The number of hydrogen-bond donors (Lipinski definition) is 1. The van der Waals surface area contributed by atoms with Crippen LogP contribution in [0.1, 0.15) is 17.0 Å². The normalized spacial score (nSPS) is 12.6. The van der Waals surface area contributed by atoms with Gasteiger partial charge in [-0.05, 0) is 18.1 Å². The van der Waals surface area contributed by atoms with E-state index < -0.39 is 0 Å². The Morgan fingerprint density at radius 1 is 1.38 bits per heavy atom. The standard InChI is InChI=1S/C13H17N3/c1-11-4-2-3-5-13(11)12(8-14)9-16-7-6-15-10-16/h2-7,10,12H,8-9,14H2,1H3. The highest BCUT2D eigenvalue weighted by molar-refractivity contribution is 5.29. The second-order valence-corrected chi connectivity index (χ2v) is 4.05. The lowest BCUT2D eigenvalue weighted by Crippen LogP contribution is -2.18. The van der Waals surface area contributed by atoms with E-state index in [1.165, 1.54) is 11.1 Å². The minimum absolute atomic E-state index is 0.357. The van der Waals surface area contributed by atoms with Crippen LogP contribution in [0.4, 0.5) is 0 Å². The number of hydrogen-bond acceptors (Lipinski definition) is 2. The van der Waals surface area contributed by atoms with Gasteiger partial charge in [0.25, 0.3) is 0 Å². The molecule has 16 heavy (non-hydrogen) atoms. The smallest absolute Gasteiger partial charge is 0.0946 e. The van der Waals surface area contributed by atoms with E-state index >= 15 is 0 Å². The molecule has 1 aromatic heterocycles. The highest BCUT2D eigenvalue weighted by Gasteiger charge is 2.11. The lowest BCUT2D eigenvalue weighted by molar-refractivity contribution is 0.564. The third-order valence-electron chi connectivity index (χ3n) is 2.90. The maximum atomic E-state index is 5.86. The molecule has 0 amide bonds. The van der Waals surface area contributed by atoms with E-state index in [1.807, 2.05) is 12.5 Å². The van der Waals surface area contributed by atoms with E-state index in [-0.39, 0.29) is 0 Å². The van der Waals surface area contributed by atoms with Gasteiger partial charge in [-0.2, -0.15) is 0 Å². The van der Waals surface area contributed by atoms with Crippen LogP contribution in [0.2, 0.25) is 0 Å². The maximum absolute atomic E-state index is 5.86. The fourth-order valence-electron chi connectivity index (χ4n) is 1.99. The first kappa shape index (κ1) is 10.9. The molecule has 1 unspecified atom stereocenters. The van der Waals surface area contributed by atoms with Crippen molar-refractivity contribution in [3.05, 3.63) is 54.1 Å². The molecule has 0 aliphatic rings. The van der Waals surface area contributed by atoms with Crippen molar-refractivity contribution in [3.8, 4) is 0 Å². The second-order valence-electron chi connectivity index (χ2n) is 4.05. The fourth-order valence-corrected chi connectivity index (χ4v) is 1.99. The summed E-state index contributed by atoms with van der Waals surface area (Å²) in [5.41, 5.74) is 8.49. The predicted molar refractivity (Wildman–Crippen MR) is 65.2 cm³/mol. The van der Waals surface area contributed by atoms with Gasteiger partial charge in [0.15, 0.2) is 0 Å². The SMILES string of the molecule is Cc1ccccc1C(CN)Cn1ccnc1. The van der Waals surface area contributed by atoms with Crippen LogP contribution in [0.15, 0.2) is 43.0 Å². The molecule has 3 nitrogen and oxygen atoms in total. The molecule has 0 bridgehead atoms. The van der Waals surface area contributed by atoms with E-state index in [4.69, 9.17) is 5.73 Å². The van der Waals surface area contributed by atoms with E-state index in [0.29, 0.717) is 12.5 Å². The van der Waals surface area contributed by atoms with Crippen molar-refractivity contribution < 1.29 is 0 Å². The number of benzene rings is 1. The molecule has 3 heteroatoms. The van der Waals surface area contributed by atoms with Crippen molar-refractivity contribution in [3.63, 3.8) is 0 Å². The van der Waals surface area contributed by atoms with Gasteiger partial charge in [-0.1, -0.05) is 24.3 Å². The van der Waals surface area contributed by atoms with Crippen LogP contribution in [-0.2, 0) is 6.54 Å². The van der Waals surface area contributed by atoms with Crippen molar-refractivity contribution in [2.24, 2.45) is 5.73 Å². The molecule has 2 N–H and O–H groups in total. The van der Waals surface area contributed by atoms with E-state index in [2.05, 4.69) is 40.7 Å². The predicted octanol–water partition coefficient (Wildman–Crippen LogP) is 1.93. The molecule has 0 aliphatic heterocycles. The Labute approximate surface area is 95.9 Å². The summed E-state index contributed by atoms with van der Waals surface area (Å²) < 4.78 is 2.07. The number of aryl methyl sites for hydroxylation is 1. The van der Waals surface area contributed by atoms with E-state index in [0.717, 1.165) is 6.54 Å². The summed E-state index contributed by atoms with van der Waals surface area (Å²) in [6.07, 6.45) is 5.60. The van der Waals surface area contributed by atoms with Gasteiger partial charge in [-0.3, -0.25) is 0 Å². The molecule has 0 spiro atoms. The van der Waals surface area contributed by atoms with Crippen LogP contribution in [0.5, 0.6) is 0 Å². The van der Waals surface area contributed by atoms with Gasteiger partial charge < -0.3 is 10.3 Å². The molecular formula is C13H17N3. The Bertz CT molecular complexity index is 434. The Balaban J connectivity index is 2.20. The van der Waals surface area contributed by atoms with Crippen molar-refractivity contribution in [2.75, 3.05) is 6.54 Å². The van der Waals surface area contributed by atoms with Crippen LogP contribution >= 0.6 is 0 Å². The number of nitrogens with zero attached hydrogens (tertiary/aromatic N) is 2. The molecule has 1 aromatic carbocycles. The molecule has 0 saturated heterocycles. The average molecular weight is 215 g/mol. The summed E-state index contributed by atoms with van der Waals surface area (Å²) >= 11 is 0. The van der Waals surface area contributed by atoms with Gasteiger partial charge in [0.1, 0.15) is 0 Å². The summed E-state index contributed by atoms with van der Waals surface area (Å²) in [6, 6.07) is 8.41. The van der Waals surface area contributed by atoms with Gasteiger partial charge in [-0.25, -0.2) is 4.98 Å². The van der Waals surface area contributed by atoms with Crippen LogP contribution in [-0.4, -0.2) is 16.1 Å². The third-order valence-corrected chi connectivity index (χ3v) is 2.90. The van der Waals surface area contributed by atoms with Crippen LogP contribution in [0, 0.1) is 6.92 Å². The van der Waals surface area contributed by atoms with E-state index in [9.17, 15) is 0 Å². The number of imidazole rings is 1. The Hall–Kier alpha value is -1.61. The van der Waals surface area contributed by atoms with Crippen LogP contribution in [0.3, 0.4) is 0 Å². The molecule has 0 fully saturated rings. The highest BCUT2D eigenvalue weighted by Crippen LogP contribution is 2.20. The summed E-state index contributed by atoms with van der Waals surface area (Å²) in [7, 11) is 0. The van der Waals surface area contributed by atoms with Gasteiger partial charge >= 0.3 is 0 Å². The first-order valence-electron chi connectivity index (χ1n) is 5.52. The van der Waals surface area contributed by atoms with Crippen LogP contribution < -0.4 is 5.73 Å². The zero-order valence-electron chi connectivity index (χ0n) is 9.50. The van der Waals surface area contributed by atoms with Crippen molar-refractivity contribution >= 4 is 0 Å². The first-order chi connectivity index (χ1) is 7.81. The first-order valence-corrected chi connectivity index (χ1v) is 5.52. The summed E-state index contributed by atoms with van der Waals surface area (Å²) in [5, 5.41) is 0. The molecule has 0 saturated carbocycles. The molecule has 0 aliphatic carbocycles. The maximum Gasteiger partial charge on any atom is 0.0946 e. The topological polar surface area (TPSA) is 43.8 Å². The number of rotatable bonds is 4. The number of aromatic nitrogens is 2. The van der Waals surface area contributed by atoms with Gasteiger partial charge in [-0.15, -0.1) is 0 Å². The van der Waals surface area contributed by atoms with Crippen molar-refractivity contribution in [2.45, 2.75) is 19.4 Å². The van der Waals surface area contributed by atoms with Crippen molar-refractivity contribution in [1.29, 1.82) is 0 Å². The quantitative estimate of drug-likeness (QED) is 0.847. The molecule has 1 heterocycles. The largest absolute Gasteiger partial charge is 0.337 e. The van der Waals surface area contributed by atoms with Gasteiger partial charge in [0.05, 0.1) is 6.33 Å². The Morgan fingerprint density at radius 3 is 2.81 bits per heavy atom. The van der Waals surface area contributed by atoms with Gasteiger partial charge in [0.2, 0.25) is 0 Å². The number of nitrogens with two attached hydrogens (primary N) is 1. The second kappa shape index (κ2) is 4.94. The molecule has 1 atom stereocenters. The summed E-state index contributed by atoms with van der Waals surface area (Å²) in [6.45, 7) is 3.68. The lowest BCUT2D eigenvalue weighted by atomic mass is 9.95. The fraction of sp³-hybridized carbons (Fsp3) is 0.308. The van der Waals surface area contributed by atoms with Crippen LogP contribution in [0.25, 0.3) is 0 Å². The minimum Gasteiger partial charge on any atom is -0.337 e. The van der Waals surface area contributed by atoms with Gasteiger partial charge in [0, 0.05) is 31.4 Å². The molecule has 2 aromatic rings.